The van der Waals surface area contributed by atoms with Crippen LogP contribution in [-0.4, -0.2) is 40.3 Å². The summed E-state index contributed by atoms with van der Waals surface area (Å²) in [5, 5.41) is 15.0. The second-order valence-electron chi connectivity index (χ2n) is 9.32. The summed E-state index contributed by atoms with van der Waals surface area (Å²) in [5.41, 5.74) is 5.00. The summed E-state index contributed by atoms with van der Waals surface area (Å²) in [6.45, 7) is 3.62. The van der Waals surface area contributed by atoms with Crippen molar-refractivity contribution in [1.29, 1.82) is 0 Å². The van der Waals surface area contributed by atoms with Crippen molar-refractivity contribution in [2.45, 2.75) is 37.8 Å². The molecule has 2 fully saturated rings. The average Bonchev–Trinajstić information content (AvgIpc) is 3.37. The number of H-pyrrole nitrogens is 1. The molecule has 1 atom stereocenters. The predicted octanol–water partition coefficient (Wildman–Crippen LogP) is 4.09. The molecule has 7 nitrogen and oxygen atoms in total. The van der Waals surface area contributed by atoms with E-state index in [1.54, 1.807) is 6.20 Å². The zero-order valence-electron chi connectivity index (χ0n) is 19.1. The maximum atomic E-state index is 13.5. The van der Waals surface area contributed by atoms with Crippen molar-refractivity contribution in [3.05, 3.63) is 77.6 Å². The molecule has 2 aromatic heterocycles. The molecule has 2 aliphatic rings. The predicted molar refractivity (Wildman–Crippen MR) is 131 cm³/mol. The van der Waals surface area contributed by atoms with Crippen molar-refractivity contribution in [2.75, 3.05) is 13.2 Å². The van der Waals surface area contributed by atoms with E-state index in [2.05, 4.69) is 44.0 Å². The van der Waals surface area contributed by atoms with Crippen molar-refractivity contribution in [1.82, 2.24) is 25.8 Å². The van der Waals surface area contributed by atoms with Crippen molar-refractivity contribution in [3.8, 4) is 17.0 Å². The highest BCUT2D eigenvalue weighted by atomic mass is 16.5. The smallest absolute Gasteiger partial charge is 0.252 e. The monoisotopic (exact) mass is 453 g/mol. The SMILES string of the molecule is Cc1ccc(OC[C@@H]2CCN2)cc1C(=O)NC1(c2cc(-c3cc[nH]n3)cc3ncccc23)CC1. The summed E-state index contributed by atoms with van der Waals surface area (Å²) >= 11 is 0. The van der Waals surface area contributed by atoms with E-state index < -0.39 is 5.54 Å². The van der Waals surface area contributed by atoms with Gasteiger partial charge in [-0.1, -0.05) is 12.1 Å². The number of ether oxygens (including phenoxy) is 1. The molecule has 34 heavy (non-hydrogen) atoms. The van der Waals surface area contributed by atoms with E-state index in [0.717, 1.165) is 64.8 Å². The number of nitrogens with one attached hydrogen (secondary N) is 3. The molecule has 172 valence electrons. The van der Waals surface area contributed by atoms with Crippen LogP contribution in [0.5, 0.6) is 5.75 Å². The average molecular weight is 454 g/mol. The zero-order valence-corrected chi connectivity index (χ0v) is 19.1. The van der Waals surface area contributed by atoms with Gasteiger partial charge < -0.3 is 15.4 Å². The lowest BCUT2D eigenvalue weighted by molar-refractivity contribution is 0.0930. The van der Waals surface area contributed by atoms with E-state index in [-0.39, 0.29) is 5.91 Å². The number of aromatic nitrogens is 3. The molecule has 0 unspecified atom stereocenters. The number of benzene rings is 2. The Balaban J connectivity index is 1.31. The number of amides is 1. The van der Waals surface area contributed by atoms with Gasteiger partial charge in [-0.3, -0.25) is 14.9 Å². The van der Waals surface area contributed by atoms with Gasteiger partial charge in [0.1, 0.15) is 12.4 Å². The Labute approximate surface area is 197 Å². The van der Waals surface area contributed by atoms with Crippen LogP contribution in [0.15, 0.2) is 60.9 Å². The molecule has 0 bridgehead atoms. The van der Waals surface area contributed by atoms with Gasteiger partial charge in [0.25, 0.3) is 5.91 Å². The van der Waals surface area contributed by atoms with Crippen molar-refractivity contribution in [3.63, 3.8) is 0 Å². The molecule has 1 aliphatic heterocycles. The van der Waals surface area contributed by atoms with Gasteiger partial charge >= 0.3 is 0 Å². The molecule has 7 heteroatoms. The lowest BCUT2D eigenvalue weighted by Gasteiger charge is -2.27. The highest BCUT2D eigenvalue weighted by Crippen LogP contribution is 2.49. The minimum atomic E-state index is -0.413. The number of aryl methyl sites for hydroxylation is 1. The molecule has 1 saturated heterocycles. The first kappa shape index (κ1) is 20.9. The third-order valence-electron chi connectivity index (χ3n) is 6.97. The van der Waals surface area contributed by atoms with Crippen LogP contribution in [0.3, 0.4) is 0 Å². The highest BCUT2D eigenvalue weighted by Gasteiger charge is 2.47. The van der Waals surface area contributed by atoms with E-state index >= 15 is 0 Å². The zero-order chi connectivity index (χ0) is 23.1. The van der Waals surface area contributed by atoms with E-state index in [4.69, 9.17) is 4.74 Å². The molecule has 0 spiro atoms. The standard InChI is InChI=1S/C27H27N5O2/c1-17-4-5-20(34-16-19-6-11-28-19)15-22(17)26(33)31-27(8-9-27)23-13-18(24-7-12-30-32-24)14-25-21(23)3-2-10-29-25/h2-5,7,10,12-15,19,28H,6,8-9,11,16H2,1H3,(H,30,32)(H,31,33)/t19-/m0/s1. The summed E-state index contributed by atoms with van der Waals surface area (Å²) in [5.74, 6) is 0.647. The third-order valence-corrected chi connectivity index (χ3v) is 6.97. The maximum absolute atomic E-state index is 13.5. The quantitative estimate of drug-likeness (QED) is 0.392. The Bertz CT molecular complexity index is 1360. The number of hydrogen-bond acceptors (Lipinski definition) is 5. The molecule has 6 rings (SSSR count). The number of carbonyl (C=O) groups is 1. The first-order chi connectivity index (χ1) is 16.6. The first-order valence-electron chi connectivity index (χ1n) is 11.8. The van der Waals surface area contributed by atoms with E-state index in [1.807, 2.05) is 43.5 Å². The molecular formula is C27H27N5O2. The van der Waals surface area contributed by atoms with Crippen LogP contribution in [0, 0.1) is 6.92 Å². The number of hydrogen-bond donors (Lipinski definition) is 3. The van der Waals surface area contributed by atoms with Crippen molar-refractivity contribution in [2.24, 2.45) is 0 Å². The van der Waals surface area contributed by atoms with E-state index in [9.17, 15) is 4.79 Å². The number of fused-ring (bicyclic) bond motifs is 1. The normalized spacial score (nSPS) is 18.3. The second kappa shape index (κ2) is 8.25. The lowest BCUT2D eigenvalue weighted by atomic mass is 9.95. The molecule has 3 N–H and O–H groups in total. The van der Waals surface area contributed by atoms with Crippen LogP contribution < -0.4 is 15.4 Å². The molecule has 2 aromatic carbocycles. The highest BCUT2D eigenvalue weighted by molar-refractivity contribution is 5.98. The lowest BCUT2D eigenvalue weighted by Crippen LogP contribution is -2.46. The molecule has 3 heterocycles. The Morgan fingerprint density at radius 1 is 1.21 bits per heavy atom. The van der Waals surface area contributed by atoms with Crippen molar-refractivity contribution < 1.29 is 9.53 Å². The Kier molecular flexibility index (Phi) is 5.07. The molecular weight excluding hydrogens is 426 g/mol. The number of nitrogens with zero attached hydrogens (tertiary/aromatic N) is 2. The van der Waals surface area contributed by atoms with Crippen LogP contribution in [0.4, 0.5) is 0 Å². The molecule has 4 aromatic rings. The van der Waals surface area contributed by atoms with Crippen LogP contribution in [-0.2, 0) is 5.54 Å². The van der Waals surface area contributed by atoms with Gasteiger partial charge in [0.15, 0.2) is 0 Å². The maximum Gasteiger partial charge on any atom is 0.252 e. The number of pyridine rings is 1. The number of aromatic amines is 1. The van der Waals surface area contributed by atoms with Gasteiger partial charge in [-0.2, -0.15) is 5.10 Å². The van der Waals surface area contributed by atoms with E-state index in [0.29, 0.717) is 18.2 Å². The van der Waals surface area contributed by atoms with Gasteiger partial charge in [-0.05, 0) is 80.3 Å². The number of carbonyl (C=O) groups excluding carboxylic acids is 1. The largest absolute Gasteiger partial charge is 0.492 e. The fourth-order valence-electron chi connectivity index (χ4n) is 4.64. The topological polar surface area (TPSA) is 91.9 Å². The van der Waals surface area contributed by atoms with Crippen LogP contribution >= 0.6 is 0 Å². The van der Waals surface area contributed by atoms with Gasteiger partial charge in [-0.15, -0.1) is 0 Å². The fourth-order valence-corrected chi connectivity index (χ4v) is 4.64. The summed E-state index contributed by atoms with van der Waals surface area (Å²) < 4.78 is 5.94. The summed E-state index contributed by atoms with van der Waals surface area (Å²) in [6.07, 6.45) is 6.50. The minimum Gasteiger partial charge on any atom is -0.492 e. The van der Waals surface area contributed by atoms with Crippen LogP contribution in [0.25, 0.3) is 22.2 Å². The van der Waals surface area contributed by atoms with Gasteiger partial charge in [0.2, 0.25) is 0 Å². The van der Waals surface area contributed by atoms with Crippen LogP contribution in [0.2, 0.25) is 0 Å². The van der Waals surface area contributed by atoms with Gasteiger partial charge in [-0.25, -0.2) is 0 Å². The fraction of sp³-hybridized carbons (Fsp3) is 0.296. The molecule has 1 amide bonds. The van der Waals surface area contributed by atoms with Gasteiger partial charge in [0, 0.05) is 34.9 Å². The molecule has 1 aliphatic carbocycles. The molecule has 0 radical (unpaired) electrons. The van der Waals surface area contributed by atoms with E-state index in [1.165, 1.54) is 0 Å². The first-order valence-corrected chi connectivity index (χ1v) is 11.8. The summed E-state index contributed by atoms with van der Waals surface area (Å²) in [7, 11) is 0. The third kappa shape index (κ3) is 3.82. The Morgan fingerprint density at radius 3 is 2.82 bits per heavy atom. The molecule has 1 saturated carbocycles. The summed E-state index contributed by atoms with van der Waals surface area (Å²) in [4.78, 5) is 18.1. The Hall–Kier alpha value is -3.71. The second-order valence-corrected chi connectivity index (χ2v) is 9.32. The Morgan fingerprint density at radius 2 is 2.09 bits per heavy atom. The minimum absolute atomic E-state index is 0.0792. The van der Waals surface area contributed by atoms with Crippen LogP contribution in [0.1, 0.15) is 40.7 Å². The van der Waals surface area contributed by atoms with Gasteiger partial charge in [0.05, 0.1) is 16.7 Å². The van der Waals surface area contributed by atoms with Crippen molar-refractivity contribution >= 4 is 16.8 Å². The number of rotatable bonds is 7. The summed E-state index contributed by atoms with van der Waals surface area (Å²) in [6, 6.07) is 16.3.